The topological polar surface area (TPSA) is 78.9 Å². The van der Waals surface area contributed by atoms with Crippen molar-refractivity contribution in [2.75, 3.05) is 19.7 Å². The molecule has 0 saturated carbocycles. The predicted molar refractivity (Wildman–Crippen MR) is 100 cm³/mol. The first-order valence-electron chi connectivity index (χ1n) is 9.23. The van der Waals surface area contributed by atoms with Crippen molar-refractivity contribution in [3.8, 4) is 11.1 Å². The molecule has 1 aliphatic carbocycles. The monoisotopic (exact) mass is 366 g/mol. The predicted octanol–water partition coefficient (Wildman–Crippen LogP) is 3.03. The van der Waals surface area contributed by atoms with Crippen molar-refractivity contribution in [1.29, 1.82) is 0 Å². The second-order valence-corrected chi connectivity index (χ2v) is 6.95. The van der Waals surface area contributed by atoms with Crippen LogP contribution in [-0.2, 0) is 9.53 Å². The molecule has 140 valence electrons. The molecule has 2 N–H and O–H groups in total. The van der Waals surface area contributed by atoms with E-state index in [2.05, 4.69) is 17.4 Å². The lowest BCUT2D eigenvalue weighted by Gasteiger charge is -2.24. The highest BCUT2D eigenvalue weighted by atomic mass is 16.5. The minimum absolute atomic E-state index is 0.0433. The van der Waals surface area contributed by atoms with Crippen LogP contribution in [-0.4, -0.2) is 47.9 Å². The molecule has 0 bridgehead atoms. The van der Waals surface area contributed by atoms with Gasteiger partial charge in [0.2, 0.25) is 0 Å². The van der Waals surface area contributed by atoms with Gasteiger partial charge in [0.15, 0.2) is 6.17 Å². The van der Waals surface area contributed by atoms with Crippen molar-refractivity contribution in [2.45, 2.75) is 24.9 Å². The molecule has 0 aromatic heterocycles. The van der Waals surface area contributed by atoms with Crippen molar-refractivity contribution in [2.24, 2.45) is 0 Å². The average molecular weight is 366 g/mol. The number of nitrogens with zero attached hydrogens (tertiary/aromatic N) is 1. The number of nitrogens with one attached hydrogen (secondary N) is 1. The number of likely N-dealkylation sites (tertiary alicyclic amines) is 1. The Balaban J connectivity index is 1.45. The molecule has 27 heavy (non-hydrogen) atoms. The SMILES string of the molecule is O=C(N[C@H](C(=O)O)N1CCCC1)OCC1c2ccccc2-c2ccccc21. The van der Waals surface area contributed by atoms with Gasteiger partial charge in [0.1, 0.15) is 6.61 Å². The zero-order valence-electron chi connectivity index (χ0n) is 14.9. The minimum atomic E-state index is -1.06. The summed E-state index contributed by atoms with van der Waals surface area (Å²) in [6.07, 6.45) is 0.145. The first kappa shape index (κ1) is 17.5. The van der Waals surface area contributed by atoms with Gasteiger partial charge in [0.25, 0.3) is 0 Å². The van der Waals surface area contributed by atoms with Crippen LogP contribution < -0.4 is 5.32 Å². The number of fused-ring (bicyclic) bond motifs is 3. The zero-order valence-corrected chi connectivity index (χ0v) is 14.9. The van der Waals surface area contributed by atoms with Gasteiger partial charge in [-0.15, -0.1) is 0 Å². The van der Waals surface area contributed by atoms with E-state index in [0.717, 1.165) is 35.1 Å². The average Bonchev–Trinajstić information content (AvgIpc) is 3.31. The first-order chi connectivity index (χ1) is 13.1. The van der Waals surface area contributed by atoms with Crippen LogP contribution in [0.3, 0.4) is 0 Å². The Bertz CT molecular complexity index is 815. The molecular formula is C21H22N2O4. The van der Waals surface area contributed by atoms with Gasteiger partial charge < -0.3 is 9.84 Å². The highest BCUT2D eigenvalue weighted by Gasteiger charge is 2.32. The quantitative estimate of drug-likeness (QED) is 0.850. The summed E-state index contributed by atoms with van der Waals surface area (Å²) in [5.74, 6) is -1.11. The van der Waals surface area contributed by atoms with E-state index in [-0.39, 0.29) is 12.5 Å². The maximum Gasteiger partial charge on any atom is 0.408 e. The van der Waals surface area contributed by atoms with Crippen LogP contribution >= 0.6 is 0 Å². The summed E-state index contributed by atoms with van der Waals surface area (Å²) < 4.78 is 5.44. The van der Waals surface area contributed by atoms with E-state index in [0.29, 0.717) is 13.1 Å². The summed E-state index contributed by atoms with van der Waals surface area (Å²) in [5, 5.41) is 11.9. The second kappa shape index (κ2) is 7.40. The Kier molecular flexibility index (Phi) is 4.81. The van der Waals surface area contributed by atoms with Crippen molar-refractivity contribution < 1.29 is 19.4 Å². The van der Waals surface area contributed by atoms with Crippen molar-refractivity contribution in [3.63, 3.8) is 0 Å². The van der Waals surface area contributed by atoms with Crippen LogP contribution in [0.5, 0.6) is 0 Å². The fourth-order valence-electron chi connectivity index (χ4n) is 4.06. The summed E-state index contributed by atoms with van der Waals surface area (Å²) >= 11 is 0. The van der Waals surface area contributed by atoms with Crippen LogP contribution in [0.25, 0.3) is 11.1 Å². The Morgan fingerprint density at radius 1 is 1.04 bits per heavy atom. The molecule has 1 saturated heterocycles. The maximum absolute atomic E-state index is 12.3. The lowest BCUT2D eigenvalue weighted by molar-refractivity contribution is -0.144. The Labute approximate surface area is 157 Å². The summed E-state index contributed by atoms with van der Waals surface area (Å²) in [6, 6.07) is 16.2. The minimum Gasteiger partial charge on any atom is -0.479 e. The molecule has 2 aromatic carbocycles. The van der Waals surface area contributed by atoms with Crippen LogP contribution in [0.2, 0.25) is 0 Å². The van der Waals surface area contributed by atoms with Crippen molar-refractivity contribution in [3.05, 3.63) is 59.7 Å². The van der Waals surface area contributed by atoms with Gasteiger partial charge >= 0.3 is 12.1 Å². The third kappa shape index (κ3) is 3.40. The van der Waals surface area contributed by atoms with Crippen LogP contribution in [0, 0.1) is 0 Å². The Morgan fingerprint density at radius 2 is 1.59 bits per heavy atom. The number of aliphatic carboxylic acids is 1. The summed E-state index contributed by atoms with van der Waals surface area (Å²) in [4.78, 5) is 25.5. The number of amides is 1. The standard InChI is InChI=1S/C21H22N2O4/c24-20(25)19(23-11-5-6-12-23)22-21(26)27-13-18-16-9-3-1-7-14(16)15-8-2-4-10-17(15)18/h1-4,7-10,18-19H,5-6,11-13H2,(H,22,26)(H,24,25)/t19-/m0/s1. The molecule has 6 nitrogen and oxygen atoms in total. The highest BCUT2D eigenvalue weighted by molar-refractivity contribution is 5.80. The smallest absolute Gasteiger partial charge is 0.408 e. The van der Waals surface area contributed by atoms with Gasteiger partial charge in [-0.25, -0.2) is 9.59 Å². The van der Waals surface area contributed by atoms with Gasteiger partial charge in [0, 0.05) is 19.0 Å². The van der Waals surface area contributed by atoms with Gasteiger partial charge in [-0.3, -0.25) is 10.2 Å². The van der Waals surface area contributed by atoms with Gasteiger partial charge in [-0.2, -0.15) is 0 Å². The summed E-state index contributed by atoms with van der Waals surface area (Å²) in [5.41, 5.74) is 4.56. The third-order valence-electron chi connectivity index (χ3n) is 5.34. The highest BCUT2D eigenvalue weighted by Crippen LogP contribution is 2.44. The third-order valence-corrected chi connectivity index (χ3v) is 5.34. The number of carboxylic acids is 1. The molecule has 1 heterocycles. The zero-order chi connectivity index (χ0) is 18.8. The summed E-state index contributed by atoms with van der Waals surface area (Å²) in [7, 11) is 0. The van der Waals surface area contributed by atoms with Gasteiger partial charge in [-0.1, -0.05) is 48.5 Å². The number of rotatable bonds is 5. The maximum atomic E-state index is 12.3. The van der Waals surface area contributed by atoms with E-state index in [1.165, 1.54) is 0 Å². The lowest BCUT2D eigenvalue weighted by Crippen LogP contribution is -2.52. The number of alkyl carbamates (subject to hydrolysis) is 1. The molecule has 0 spiro atoms. The molecule has 0 unspecified atom stereocenters. The van der Waals surface area contributed by atoms with E-state index in [1.807, 2.05) is 36.4 Å². The Hall–Kier alpha value is -2.86. The van der Waals surface area contributed by atoms with Crippen molar-refractivity contribution in [1.82, 2.24) is 10.2 Å². The molecule has 1 aliphatic heterocycles. The van der Waals surface area contributed by atoms with E-state index < -0.39 is 18.2 Å². The summed E-state index contributed by atoms with van der Waals surface area (Å²) in [6.45, 7) is 1.51. The van der Waals surface area contributed by atoms with E-state index >= 15 is 0 Å². The fourth-order valence-corrected chi connectivity index (χ4v) is 4.06. The Morgan fingerprint density at radius 3 is 2.15 bits per heavy atom. The number of benzene rings is 2. The lowest BCUT2D eigenvalue weighted by atomic mass is 9.98. The van der Waals surface area contributed by atoms with E-state index in [9.17, 15) is 14.7 Å². The molecule has 4 rings (SSSR count). The van der Waals surface area contributed by atoms with Crippen LogP contribution in [0.1, 0.15) is 29.9 Å². The van der Waals surface area contributed by atoms with Crippen molar-refractivity contribution >= 4 is 12.1 Å². The van der Waals surface area contributed by atoms with E-state index in [4.69, 9.17) is 4.74 Å². The number of hydrogen-bond donors (Lipinski definition) is 2. The molecule has 1 fully saturated rings. The van der Waals surface area contributed by atoms with Gasteiger partial charge in [-0.05, 0) is 35.1 Å². The molecule has 2 aromatic rings. The van der Waals surface area contributed by atoms with Gasteiger partial charge in [0.05, 0.1) is 0 Å². The largest absolute Gasteiger partial charge is 0.479 e. The first-order valence-corrected chi connectivity index (χ1v) is 9.23. The molecule has 6 heteroatoms. The second-order valence-electron chi connectivity index (χ2n) is 6.95. The number of carbonyl (C=O) groups excluding carboxylic acids is 1. The van der Waals surface area contributed by atoms with E-state index in [1.54, 1.807) is 4.90 Å². The number of hydrogen-bond acceptors (Lipinski definition) is 4. The number of carboxylic acid groups (broad SMARTS) is 1. The molecule has 0 radical (unpaired) electrons. The number of ether oxygens (including phenoxy) is 1. The fraction of sp³-hybridized carbons (Fsp3) is 0.333. The molecule has 2 aliphatic rings. The van der Waals surface area contributed by atoms with Crippen LogP contribution in [0.15, 0.2) is 48.5 Å². The molecule has 1 atom stereocenters. The molecule has 1 amide bonds. The normalized spacial score (nSPS) is 17.2. The number of carbonyl (C=O) groups is 2. The molecular weight excluding hydrogens is 344 g/mol. The van der Waals surface area contributed by atoms with Crippen LogP contribution in [0.4, 0.5) is 4.79 Å².